The van der Waals surface area contributed by atoms with Gasteiger partial charge >= 0.3 is 5.97 Å². The number of methoxy groups -OCH3 is 1. The average Bonchev–Trinajstić information content (AvgIpc) is 2.75. The molecule has 0 spiro atoms. The Balaban J connectivity index is 2.35. The third-order valence-electron chi connectivity index (χ3n) is 3.88. The number of hydrogen-bond acceptors (Lipinski definition) is 3. The molecule has 1 heterocycles. The van der Waals surface area contributed by atoms with Crippen LogP contribution in [0.3, 0.4) is 0 Å². The van der Waals surface area contributed by atoms with Crippen LogP contribution < -0.4 is 4.74 Å². The van der Waals surface area contributed by atoms with Crippen molar-refractivity contribution in [3.63, 3.8) is 0 Å². The van der Waals surface area contributed by atoms with Crippen molar-refractivity contribution in [2.24, 2.45) is 5.41 Å². The van der Waals surface area contributed by atoms with E-state index in [4.69, 9.17) is 9.47 Å². The summed E-state index contributed by atoms with van der Waals surface area (Å²) in [6.45, 7) is 2.32. The number of carboxylic acids is 1. The molecule has 1 fully saturated rings. The van der Waals surface area contributed by atoms with Gasteiger partial charge in [0.25, 0.3) is 0 Å². The molecule has 4 nitrogen and oxygen atoms in total. The molecule has 1 N–H and O–H groups in total. The third-order valence-corrected chi connectivity index (χ3v) is 4.65. The number of benzene rings is 1. The van der Waals surface area contributed by atoms with Crippen LogP contribution in [0, 0.1) is 5.41 Å². The van der Waals surface area contributed by atoms with Gasteiger partial charge in [0, 0.05) is 11.1 Å². The molecule has 0 bridgehead atoms. The SMILES string of the molecule is COc1ccc(Br)c(CC2(C(=O)O)CCOC2C)c1. The topological polar surface area (TPSA) is 55.8 Å². The van der Waals surface area contributed by atoms with Crippen LogP contribution in [0.25, 0.3) is 0 Å². The van der Waals surface area contributed by atoms with Crippen LogP contribution in [0.4, 0.5) is 0 Å². The van der Waals surface area contributed by atoms with Crippen molar-refractivity contribution in [3.8, 4) is 5.75 Å². The van der Waals surface area contributed by atoms with Crippen LogP contribution >= 0.6 is 15.9 Å². The molecule has 0 aromatic heterocycles. The molecule has 5 heteroatoms. The first-order valence-corrected chi connectivity index (χ1v) is 6.96. The lowest BCUT2D eigenvalue weighted by atomic mass is 9.76. The first-order valence-electron chi connectivity index (χ1n) is 6.17. The highest BCUT2D eigenvalue weighted by Crippen LogP contribution is 2.40. The number of halogens is 1. The van der Waals surface area contributed by atoms with Crippen molar-refractivity contribution >= 4 is 21.9 Å². The van der Waals surface area contributed by atoms with Gasteiger partial charge in [-0.15, -0.1) is 0 Å². The highest BCUT2D eigenvalue weighted by Gasteiger charge is 2.48. The first-order chi connectivity index (χ1) is 8.99. The monoisotopic (exact) mass is 328 g/mol. The van der Waals surface area contributed by atoms with Crippen LogP contribution in [0.15, 0.2) is 22.7 Å². The van der Waals surface area contributed by atoms with Gasteiger partial charge in [-0.25, -0.2) is 0 Å². The summed E-state index contributed by atoms with van der Waals surface area (Å²) in [5, 5.41) is 9.59. The summed E-state index contributed by atoms with van der Waals surface area (Å²) < 4.78 is 11.6. The Bertz CT molecular complexity index is 488. The van der Waals surface area contributed by atoms with Crippen LogP contribution in [0.2, 0.25) is 0 Å². The smallest absolute Gasteiger partial charge is 0.312 e. The molecule has 2 rings (SSSR count). The molecule has 1 aliphatic rings. The summed E-state index contributed by atoms with van der Waals surface area (Å²) in [4.78, 5) is 11.7. The molecule has 0 amide bonds. The molecular weight excluding hydrogens is 312 g/mol. The molecule has 0 aliphatic carbocycles. The Morgan fingerprint density at radius 2 is 2.37 bits per heavy atom. The zero-order chi connectivity index (χ0) is 14.0. The maximum Gasteiger partial charge on any atom is 0.312 e. The number of hydrogen-bond donors (Lipinski definition) is 1. The van der Waals surface area contributed by atoms with Crippen LogP contribution in [0.1, 0.15) is 18.9 Å². The maximum atomic E-state index is 11.7. The van der Waals surface area contributed by atoms with Gasteiger partial charge in [0.05, 0.1) is 18.6 Å². The van der Waals surface area contributed by atoms with Gasteiger partial charge in [0.2, 0.25) is 0 Å². The average molecular weight is 329 g/mol. The zero-order valence-corrected chi connectivity index (χ0v) is 12.6. The van der Waals surface area contributed by atoms with Crippen molar-refractivity contribution in [1.82, 2.24) is 0 Å². The standard InChI is InChI=1S/C14H17BrO4/c1-9-14(13(16)17,5-6-19-9)8-10-7-11(18-2)3-4-12(10)15/h3-4,7,9H,5-6,8H2,1-2H3,(H,16,17). The predicted molar refractivity (Wildman–Crippen MR) is 74.5 cm³/mol. The van der Waals surface area contributed by atoms with E-state index in [0.717, 1.165) is 15.8 Å². The lowest BCUT2D eigenvalue weighted by Crippen LogP contribution is -2.39. The van der Waals surface area contributed by atoms with E-state index in [9.17, 15) is 9.90 Å². The summed E-state index contributed by atoms with van der Waals surface area (Å²) in [7, 11) is 1.60. The zero-order valence-electron chi connectivity index (χ0n) is 11.0. The van der Waals surface area contributed by atoms with Gasteiger partial charge in [0.1, 0.15) is 5.75 Å². The summed E-state index contributed by atoms with van der Waals surface area (Å²) in [5.41, 5.74) is 0.0774. The van der Waals surface area contributed by atoms with Gasteiger partial charge in [-0.2, -0.15) is 0 Å². The van der Waals surface area contributed by atoms with E-state index in [1.165, 1.54) is 0 Å². The molecule has 0 saturated carbocycles. The minimum atomic E-state index is -0.852. The highest BCUT2D eigenvalue weighted by atomic mass is 79.9. The Kier molecular flexibility index (Phi) is 4.16. The van der Waals surface area contributed by atoms with Crippen molar-refractivity contribution in [2.75, 3.05) is 13.7 Å². The minimum Gasteiger partial charge on any atom is -0.497 e. The van der Waals surface area contributed by atoms with Gasteiger partial charge < -0.3 is 14.6 Å². The van der Waals surface area contributed by atoms with Gasteiger partial charge in [-0.3, -0.25) is 4.79 Å². The summed E-state index contributed by atoms with van der Waals surface area (Å²) in [5.74, 6) is -0.0717. The molecule has 1 aliphatic heterocycles. The van der Waals surface area contributed by atoms with Crippen molar-refractivity contribution in [1.29, 1.82) is 0 Å². The molecule has 1 saturated heterocycles. The molecule has 2 atom stereocenters. The van der Waals surface area contributed by atoms with Crippen molar-refractivity contribution < 1.29 is 19.4 Å². The number of ether oxygens (including phenoxy) is 2. The molecule has 104 valence electrons. The van der Waals surface area contributed by atoms with Crippen molar-refractivity contribution in [2.45, 2.75) is 25.9 Å². The van der Waals surface area contributed by atoms with E-state index < -0.39 is 11.4 Å². The third kappa shape index (κ3) is 2.62. The largest absolute Gasteiger partial charge is 0.497 e. The van der Waals surface area contributed by atoms with Gasteiger partial charge in [0.15, 0.2) is 0 Å². The van der Waals surface area contributed by atoms with Crippen LogP contribution in [-0.4, -0.2) is 30.9 Å². The predicted octanol–water partition coefficient (Wildman–Crippen LogP) is 2.88. The van der Waals surface area contributed by atoms with Gasteiger partial charge in [-0.05, 0) is 43.5 Å². The van der Waals surface area contributed by atoms with E-state index in [-0.39, 0.29) is 6.10 Å². The minimum absolute atomic E-state index is 0.289. The molecule has 0 radical (unpaired) electrons. The second-order valence-corrected chi connectivity index (χ2v) is 5.71. The van der Waals surface area contributed by atoms with Crippen molar-refractivity contribution in [3.05, 3.63) is 28.2 Å². The Hall–Kier alpha value is -1.07. The molecule has 1 aromatic rings. The number of rotatable bonds is 4. The maximum absolute atomic E-state index is 11.7. The molecular formula is C14H17BrO4. The second kappa shape index (κ2) is 5.51. The van der Waals surface area contributed by atoms with Crippen LogP contribution in [0.5, 0.6) is 5.75 Å². The highest BCUT2D eigenvalue weighted by molar-refractivity contribution is 9.10. The first kappa shape index (κ1) is 14.3. The number of carbonyl (C=O) groups is 1. The second-order valence-electron chi connectivity index (χ2n) is 4.86. The van der Waals surface area contributed by atoms with E-state index in [0.29, 0.717) is 19.4 Å². The fourth-order valence-corrected chi connectivity index (χ4v) is 2.91. The van der Waals surface area contributed by atoms with E-state index in [2.05, 4.69) is 15.9 Å². The quantitative estimate of drug-likeness (QED) is 0.923. The Labute approximate surface area is 120 Å². The summed E-state index contributed by atoms with van der Waals surface area (Å²) >= 11 is 3.47. The molecule has 19 heavy (non-hydrogen) atoms. The molecule has 2 unspecified atom stereocenters. The van der Waals surface area contributed by atoms with E-state index in [1.807, 2.05) is 25.1 Å². The summed E-state index contributed by atoms with van der Waals surface area (Å²) in [6, 6.07) is 5.60. The number of aliphatic carboxylic acids is 1. The number of carboxylic acid groups (broad SMARTS) is 1. The fraction of sp³-hybridized carbons (Fsp3) is 0.500. The molecule has 1 aromatic carbocycles. The lowest BCUT2D eigenvalue weighted by Gasteiger charge is -2.28. The van der Waals surface area contributed by atoms with E-state index >= 15 is 0 Å². The summed E-state index contributed by atoms with van der Waals surface area (Å²) in [6.07, 6.45) is 0.678. The lowest BCUT2D eigenvalue weighted by molar-refractivity contribution is -0.151. The normalized spacial score (nSPS) is 26.4. The van der Waals surface area contributed by atoms with E-state index in [1.54, 1.807) is 7.11 Å². The fourth-order valence-electron chi connectivity index (χ4n) is 2.52. The van der Waals surface area contributed by atoms with Crippen LogP contribution in [-0.2, 0) is 16.0 Å². The Morgan fingerprint density at radius 1 is 1.63 bits per heavy atom. The Morgan fingerprint density at radius 3 is 2.89 bits per heavy atom. The van der Waals surface area contributed by atoms with Gasteiger partial charge in [-0.1, -0.05) is 15.9 Å².